The van der Waals surface area contributed by atoms with Gasteiger partial charge in [-0.3, -0.25) is 0 Å². The van der Waals surface area contributed by atoms with Crippen molar-refractivity contribution >= 4 is 5.69 Å². The largest absolute Gasteiger partial charge is 0.372 e. The molecular weight excluding hydrogens is 305 g/mol. The fraction of sp³-hybridized carbons (Fsp3) is 0.263. The first-order valence-electron chi connectivity index (χ1n) is 8.20. The number of anilines is 1. The first-order valence-corrected chi connectivity index (χ1v) is 8.20. The van der Waals surface area contributed by atoms with E-state index in [1.165, 1.54) is 30.7 Å². The Hall–Kier alpha value is -2.69. The molecule has 24 heavy (non-hydrogen) atoms. The molecule has 0 N–H and O–H groups in total. The fourth-order valence-electron chi connectivity index (χ4n) is 3.06. The molecule has 1 aromatic heterocycles. The monoisotopic (exact) mass is 323 g/mol. The summed E-state index contributed by atoms with van der Waals surface area (Å²) in [6, 6.07) is 14.7. The van der Waals surface area contributed by atoms with Crippen LogP contribution in [0.25, 0.3) is 11.4 Å². The lowest BCUT2D eigenvalue weighted by atomic mass is 10.1. The number of hydrogen-bond acceptors (Lipinski definition) is 4. The van der Waals surface area contributed by atoms with Crippen molar-refractivity contribution in [1.82, 2.24) is 10.1 Å². The first kappa shape index (κ1) is 14.9. The molecule has 1 aliphatic rings. The lowest BCUT2D eigenvalue weighted by molar-refractivity contribution is 0.385. The van der Waals surface area contributed by atoms with Crippen molar-refractivity contribution in [3.63, 3.8) is 0 Å². The molecular formula is C19H18FN3O. The molecule has 4 nitrogen and oxygen atoms in total. The molecule has 0 unspecified atom stereocenters. The molecule has 4 rings (SSSR count). The summed E-state index contributed by atoms with van der Waals surface area (Å²) in [5.41, 5.74) is 2.97. The van der Waals surface area contributed by atoms with E-state index in [1.54, 1.807) is 6.07 Å². The fourth-order valence-corrected chi connectivity index (χ4v) is 3.06. The van der Waals surface area contributed by atoms with Crippen LogP contribution >= 0.6 is 0 Å². The molecule has 1 aliphatic heterocycles. The smallest absolute Gasteiger partial charge is 0.231 e. The number of benzene rings is 2. The molecule has 1 fully saturated rings. The van der Waals surface area contributed by atoms with Gasteiger partial charge >= 0.3 is 0 Å². The van der Waals surface area contributed by atoms with E-state index in [-0.39, 0.29) is 5.82 Å². The quantitative estimate of drug-likeness (QED) is 0.726. The second-order valence-corrected chi connectivity index (χ2v) is 6.06. The van der Waals surface area contributed by atoms with E-state index >= 15 is 0 Å². The molecule has 0 radical (unpaired) electrons. The van der Waals surface area contributed by atoms with Gasteiger partial charge in [0.1, 0.15) is 5.82 Å². The Morgan fingerprint density at radius 1 is 1.04 bits per heavy atom. The maximum absolute atomic E-state index is 13.2. The number of halogens is 1. The average Bonchev–Trinajstić information content (AvgIpc) is 3.27. The standard InChI is InChI=1S/C19H18FN3O/c20-16-5-3-4-14(12-16)13-18-21-19(22-24-18)15-6-8-17(9-7-15)23-10-1-2-11-23/h3-9,12H,1-2,10-11,13H2. The topological polar surface area (TPSA) is 42.2 Å². The minimum atomic E-state index is -0.259. The van der Waals surface area contributed by atoms with E-state index in [1.807, 2.05) is 18.2 Å². The van der Waals surface area contributed by atoms with E-state index in [4.69, 9.17) is 4.52 Å². The zero-order valence-corrected chi connectivity index (χ0v) is 13.3. The van der Waals surface area contributed by atoms with E-state index in [9.17, 15) is 4.39 Å². The highest BCUT2D eigenvalue weighted by molar-refractivity contribution is 5.60. The number of hydrogen-bond donors (Lipinski definition) is 0. The van der Waals surface area contributed by atoms with Crippen LogP contribution in [0.2, 0.25) is 0 Å². The number of aromatic nitrogens is 2. The predicted molar refractivity (Wildman–Crippen MR) is 90.4 cm³/mol. The van der Waals surface area contributed by atoms with Gasteiger partial charge in [0.25, 0.3) is 0 Å². The second-order valence-electron chi connectivity index (χ2n) is 6.06. The molecule has 2 aromatic carbocycles. The van der Waals surface area contributed by atoms with Crippen molar-refractivity contribution < 1.29 is 8.91 Å². The van der Waals surface area contributed by atoms with Gasteiger partial charge in [0.15, 0.2) is 0 Å². The molecule has 0 saturated carbocycles. The van der Waals surface area contributed by atoms with Gasteiger partial charge in [0.05, 0.1) is 6.42 Å². The van der Waals surface area contributed by atoms with Gasteiger partial charge in [-0.05, 0) is 54.8 Å². The molecule has 5 heteroatoms. The van der Waals surface area contributed by atoms with Crippen LogP contribution in [0.1, 0.15) is 24.3 Å². The van der Waals surface area contributed by atoms with Crippen molar-refractivity contribution in [2.24, 2.45) is 0 Å². The second kappa shape index (κ2) is 6.43. The number of nitrogens with zero attached hydrogens (tertiary/aromatic N) is 3. The Morgan fingerprint density at radius 3 is 2.58 bits per heavy atom. The number of rotatable bonds is 4. The molecule has 1 saturated heterocycles. The SMILES string of the molecule is Fc1cccc(Cc2nc(-c3ccc(N4CCCC4)cc3)no2)c1. The van der Waals surface area contributed by atoms with Crippen LogP contribution in [0.3, 0.4) is 0 Å². The minimum Gasteiger partial charge on any atom is -0.372 e. The Kier molecular flexibility index (Phi) is 3.99. The van der Waals surface area contributed by atoms with Crippen molar-refractivity contribution in [3.05, 3.63) is 65.8 Å². The Bertz CT molecular complexity index is 823. The van der Waals surface area contributed by atoms with E-state index in [2.05, 4.69) is 27.2 Å². The van der Waals surface area contributed by atoms with Crippen molar-refractivity contribution in [2.45, 2.75) is 19.3 Å². The molecule has 0 spiro atoms. The van der Waals surface area contributed by atoms with Gasteiger partial charge < -0.3 is 9.42 Å². The average molecular weight is 323 g/mol. The molecule has 0 bridgehead atoms. The summed E-state index contributed by atoms with van der Waals surface area (Å²) in [4.78, 5) is 6.80. The highest BCUT2D eigenvalue weighted by atomic mass is 19.1. The Balaban J connectivity index is 1.49. The van der Waals surface area contributed by atoms with Crippen molar-refractivity contribution in [3.8, 4) is 11.4 Å². The van der Waals surface area contributed by atoms with Gasteiger partial charge in [0, 0.05) is 24.3 Å². The normalized spacial score (nSPS) is 14.3. The lowest BCUT2D eigenvalue weighted by Gasteiger charge is -2.17. The maximum Gasteiger partial charge on any atom is 0.231 e. The van der Waals surface area contributed by atoms with Gasteiger partial charge in [0.2, 0.25) is 11.7 Å². The molecule has 2 heterocycles. The first-order chi connectivity index (χ1) is 11.8. The highest BCUT2D eigenvalue weighted by Gasteiger charge is 2.13. The highest BCUT2D eigenvalue weighted by Crippen LogP contribution is 2.24. The summed E-state index contributed by atoms with van der Waals surface area (Å²) in [7, 11) is 0. The summed E-state index contributed by atoms with van der Waals surface area (Å²) in [5, 5.41) is 4.04. The van der Waals surface area contributed by atoms with Crippen LogP contribution in [-0.2, 0) is 6.42 Å². The summed E-state index contributed by atoms with van der Waals surface area (Å²) in [6.45, 7) is 2.25. The van der Waals surface area contributed by atoms with E-state index < -0.39 is 0 Å². The zero-order valence-electron chi connectivity index (χ0n) is 13.3. The summed E-state index contributed by atoms with van der Waals surface area (Å²) in [6.07, 6.45) is 2.95. The predicted octanol–water partition coefficient (Wildman–Crippen LogP) is 4.07. The Labute approximate surface area is 139 Å². The van der Waals surface area contributed by atoms with E-state index in [0.717, 1.165) is 24.2 Å². The van der Waals surface area contributed by atoms with E-state index in [0.29, 0.717) is 18.1 Å². The summed E-state index contributed by atoms with van der Waals surface area (Å²) < 4.78 is 18.5. The third kappa shape index (κ3) is 3.15. The maximum atomic E-state index is 13.2. The van der Waals surface area contributed by atoms with Crippen LogP contribution in [0, 0.1) is 5.82 Å². The molecule has 122 valence electrons. The van der Waals surface area contributed by atoms with Crippen LogP contribution in [-0.4, -0.2) is 23.2 Å². The summed E-state index contributed by atoms with van der Waals surface area (Å²) in [5.74, 6) is 0.790. The van der Waals surface area contributed by atoms with Gasteiger partial charge in [-0.15, -0.1) is 0 Å². The molecule has 0 amide bonds. The van der Waals surface area contributed by atoms with Gasteiger partial charge in [-0.25, -0.2) is 4.39 Å². The minimum absolute atomic E-state index is 0.259. The zero-order chi connectivity index (χ0) is 16.4. The van der Waals surface area contributed by atoms with Gasteiger partial charge in [-0.2, -0.15) is 4.98 Å². The van der Waals surface area contributed by atoms with Crippen LogP contribution in [0.15, 0.2) is 53.1 Å². The van der Waals surface area contributed by atoms with Gasteiger partial charge in [-0.1, -0.05) is 17.3 Å². The molecule has 0 aliphatic carbocycles. The van der Waals surface area contributed by atoms with Crippen molar-refractivity contribution in [2.75, 3.05) is 18.0 Å². The van der Waals surface area contributed by atoms with Crippen LogP contribution in [0.5, 0.6) is 0 Å². The summed E-state index contributed by atoms with van der Waals surface area (Å²) >= 11 is 0. The Morgan fingerprint density at radius 2 is 1.83 bits per heavy atom. The lowest BCUT2D eigenvalue weighted by Crippen LogP contribution is -2.17. The molecule has 0 atom stereocenters. The molecule has 3 aromatic rings. The van der Waals surface area contributed by atoms with Crippen LogP contribution in [0.4, 0.5) is 10.1 Å². The third-order valence-corrected chi connectivity index (χ3v) is 4.31. The third-order valence-electron chi connectivity index (χ3n) is 4.31. The van der Waals surface area contributed by atoms with Crippen molar-refractivity contribution in [1.29, 1.82) is 0 Å². The van der Waals surface area contributed by atoms with Crippen LogP contribution < -0.4 is 4.90 Å².